The Morgan fingerprint density at radius 1 is 1.30 bits per heavy atom. The van der Waals surface area contributed by atoms with E-state index in [0.717, 1.165) is 58.0 Å². The van der Waals surface area contributed by atoms with Crippen molar-refractivity contribution in [2.24, 2.45) is 5.92 Å². The van der Waals surface area contributed by atoms with E-state index >= 15 is 0 Å². The molecule has 0 radical (unpaired) electrons. The summed E-state index contributed by atoms with van der Waals surface area (Å²) in [7, 11) is 1.41. The predicted octanol–water partition coefficient (Wildman–Crippen LogP) is 4.46. The molecule has 0 bridgehead atoms. The number of aryl methyl sites for hydroxylation is 2. The molecular formula is C22H26BrN5O2. The van der Waals surface area contributed by atoms with Gasteiger partial charge < -0.3 is 14.2 Å². The van der Waals surface area contributed by atoms with Gasteiger partial charge in [-0.1, -0.05) is 20.8 Å². The molecule has 8 heteroatoms. The van der Waals surface area contributed by atoms with Crippen LogP contribution < -0.4 is 4.90 Å². The summed E-state index contributed by atoms with van der Waals surface area (Å²) in [5.74, 6) is 1.69. The topological polar surface area (TPSA) is 73.1 Å². The SMILES string of the molecule is CCc1cc2c(cc1C(=O)OC)nc1n2CCN(c2ncc(Br)c(C)n2)[C@@H]1C(C)C. The summed E-state index contributed by atoms with van der Waals surface area (Å²) < 4.78 is 8.16. The Morgan fingerprint density at radius 3 is 2.70 bits per heavy atom. The van der Waals surface area contributed by atoms with Crippen molar-refractivity contribution in [1.29, 1.82) is 0 Å². The van der Waals surface area contributed by atoms with Crippen LogP contribution >= 0.6 is 15.9 Å². The highest BCUT2D eigenvalue weighted by molar-refractivity contribution is 9.10. The first-order valence-electron chi connectivity index (χ1n) is 10.2. The van der Waals surface area contributed by atoms with Crippen LogP contribution in [0.2, 0.25) is 0 Å². The second kappa shape index (κ2) is 7.98. The number of halogens is 1. The Kier molecular flexibility index (Phi) is 5.53. The van der Waals surface area contributed by atoms with Crippen molar-refractivity contribution in [2.75, 3.05) is 18.6 Å². The number of anilines is 1. The van der Waals surface area contributed by atoms with E-state index in [1.807, 2.05) is 26.1 Å². The molecule has 3 aromatic rings. The zero-order chi connectivity index (χ0) is 21.6. The number of benzene rings is 1. The standard InChI is InChI=1S/C22H26BrN5O2/c1-6-14-9-18-17(10-15(14)21(29)30-5)26-20-19(12(2)3)28(8-7-27(18)20)22-24-11-16(23)13(4)25-22/h9-12,19H,6-8H2,1-5H3/t19-/m1/s1. The monoisotopic (exact) mass is 471 g/mol. The molecule has 3 heterocycles. The predicted molar refractivity (Wildman–Crippen MR) is 120 cm³/mol. The maximum atomic E-state index is 12.3. The van der Waals surface area contributed by atoms with Crippen LogP contribution in [0.25, 0.3) is 11.0 Å². The Bertz CT molecular complexity index is 1120. The zero-order valence-corrected chi connectivity index (χ0v) is 19.5. The van der Waals surface area contributed by atoms with E-state index in [4.69, 9.17) is 14.7 Å². The third-order valence-electron chi connectivity index (χ3n) is 5.75. The number of ether oxygens (including phenoxy) is 1. The molecule has 2 aromatic heterocycles. The van der Waals surface area contributed by atoms with E-state index in [0.29, 0.717) is 11.5 Å². The van der Waals surface area contributed by atoms with E-state index in [1.165, 1.54) is 7.11 Å². The van der Waals surface area contributed by atoms with Gasteiger partial charge in [-0.2, -0.15) is 0 Å². The summed E-state index contributed by atoms with van der Waals surface area (Å²) in [6.45, 7) is 9.98. The summed E-state index contributed by atoms with van der Waals surface area (Å²) in [5.41, 5.74) is 4.37. The van der Waals surface area contributed by atoms with Crippen LogP contribution in [0.4, 0.5) is 5.95 Å². The van der Waals surface area contributed by atoms with Crippen molar-refractivity contribution < 1.29 is 9.53 Å². The number of carbonyl (C=O) groups excluding carboxylic acids is 1. The van der Waals surface area contributed by atoms with Gasteiger partial charge in [0.15, 0.2) is 0 Å². The fourth-order valence-corrected chi connectivity index (χ4v) is 4.42. The molecule has 1 aromatic carbocycles. The van der Waals surface area contributed by atoms with E-state index in [9.17, 15) is 4.79 Å². The lowest BCUT2D eigenvalue weighted by atomic mass is 10.00. The Balaban J connectivity index is 1.86. The fraction of sp³-hybridized carbons (Fsp3) is 0.455. The molecule has 0 saturated carbocycles. The number of methoxy groups -OCH3 is 1. The summed E-state index contributed by atoms with van der Waals surface area (Å²) in [5, 5.41) is 0. The Labute approximate surface area is 184 Å². The number of carbonyl (C=O) groups is 1. The molecule has 1 aliphatic rings. The molecule has 4 rings (SSSR count). The summed E-state index contributed by atoms with van der Waals surface area (Å²) in [6.07, 6.45) is 2.56. The molecule has 1 atom stereocenters. The molecule has 0 unspecified atom stereocenters. The maximum Gasteiger partial charge on any atom is 0.338 e. The van der Waals surface area contributed by atoms with Crippen LogP contribution in [-0.4, -0.2) is 39.1 Å². The summed E-state index contributed by atoms with van der Waals surface area (Å²) >= 11 is 3.49. The Hall–Kier alpha value is -2.48. The molecule has 0 amide bonds. The van der Waals surface area contributed by atoms with Crippen molar-refractivity contribution in [3.05, 3.63) is 45.4 Å². The van der Waals surface area contributed by atoms with Gasteiger partial charge in [-0.3, -0.25) is 0 Å². The third kappa shape index (κ3) is 3.37. The lowest BCUT2D eigenvalue weighted by Crippen LogP contribution is -2.42. The van der Waals surface area contributed by atoms with Gasteiger partial charge in [0.1, 0.15) is 5.82 Å². The second-order valence-corrected chi connectivity index (χ2v) is 8.80. The number of rotatable bonds is 4. The lowest BCUT2D eigenvalue weighted by Gasteiger charge is -2.38. The van der Waals surface area contributed by atoms with Crippen molar-refractivity contribution in [3.63, 3.8) is 0 Å². The van der Waals surface area contributed by atoms with E-state index in [1.54, 1.807) is 0 Å². The smallest absolute Gasteiger partial charge is 0.338 e. The minimum absolute atomic E-state index is 0.0402. The third-order valence-corrected chi connectivity index (χ3v) is 6.53. The molecular weight excluding hydrogens is 446 g/mol. The van der Waals surface area contributed by atoms with Gasteiger partial charge in [-0.15, -0.1) is 0 Å². The molecule has 0 saturated heterocycles. The first-order chi connectivity index (χ1) is 14.3. The zero-order valence-electron chi connectivity index (χ0n) is 17.9. The number of hydrogen-bond donors (Lipinski definition) is 0. The van der Waals surface area contributed by atoms with E-state index in [-0.39, 0.29) is 12.0 Å². The van der Waals surface area contributed by atoms with Crippen molar-refractivity contribution in [2.45, 2.75) is 46.7 Å². The molecule has 0 N–H and O–H groups in total. The van der Waals surface area contributed by atoms with Crippen LogP contribution in [0.15, 0.2) is 22.8 Å². The van der Waals surface area contributed by atoms with Crippen LogP contribution in [0.3, 0.4) is 0 Å². The van der Waals surface area contributed by atoms with Gasteiger partial charge in [0.25, 0.3) is 0 Å². The number of imidazole rings is 1. The minimum atomic E-state index is -0.319. The van der Waals surface area contributed by atoms with Crippen molar-refractivity contribution >= 4 is 38.9 Å². The van der Waals surface area contributed by atoms with Gasteiger partial charge in [0.2, 0.25) is 5.95 Å². The van der Waals surface area contributed by atoms with E-state index in [2.05, 4.69) is 50.3 Å². The van der Waals surface area contributed by atoms with Gasteiger partial charge in [0.05, 0.1) is 39.9 Å². The molecule has 0 spiro atoms. The van der Waals surface area contributed by atoms with Gasteiger partial charge in [0, 0.05) is 19.3 Å². The van der Waals surface area contributed by atoms with Crippen LogP contribution in [0.5, 0.6) is 0 Å². The summed E-state index contributed by atoms with van der Waals surface area (Å²) in [4.78, 5) is 28.7. The minimum Gasteiger partial charge on any atom is -0.465 e. The highest BCUT2D eigenvalue weighted by Gasteiger charge is 2.35. The molecule has 0 fully saturated rings. The second-order valence-electron chi connectivity index (χ2n) is 7.95. The first kappa shape index (κ1) is 20.8. The molecule has 30 heavy (non-hydrogen) atoms. The van der Waals surface area contributed by atoms with E-state index < -0.39 is 0 Å². The highest BCUT2D eigenvalue weighted by atomic mass is 79.9. The highest BCUT2D eigenvalue weighted by Crippen LogP contribution is 2.37. The Morgan fingerprint density at radius 2 is 2.07 bits per heavy atom. The average molecular weight is 472 g/mol. The fourth-order valence-electron chi connectivity index (χ4n) is 4.23. The van der Waals surface area contributed by atoms with Crippen LogP contribution in [0.1, 0.15) is 54.3 Å². The van der Waals surface area contributed by atoms with Crippen molar-refractivity contribution in [3.8, 4) is 0 Å². The molecule has 1 aliphatic heterocycles. The number of aromatic nitrogens is 4. The van der Waals surface area contributed by atoms with Crippen LogP contribution in [-0.2, 0) is 17.7 Å². The number of nitrogens with zero attached hydrogens (tertiary/aromatic N) is 5. The summed E-state index contributed by atoms with van der Waals surface area (Å²) in [6, 6.07) is 4.00. The number of hydrogen-bond acceptors (Lipinski definition) is 6. The van der Waals surface area contributed by atoms with Crippen molar-refractivity contribution in [1.82, 2.24) is 19.5 Å². The van der Waals surface area contributed by atoms with Gasteiger partial charge in [-0.25, -0.2) is 19.7 Å². The molecule has 7 nitrogen and oxygen atoms in total. The van der Waals surface area contributed by atoms with Crippen LogP contribution in [0, 0.1) is 12.8 Å². The van der Waals surface area contributed by atoms with Gasteiger partial charge in [-0.05, 0) is 52.9 Å². The first-order valence-corrected chi connectivity index (χ1v) is 11.0. The maximum absolute atomic E-state index is 12.3. The largest absolute Gasteiger partial charge is 0.465 e. The van der Waals surface area contributed by atoms with Gasteiger partial charge >= 0.3 is 5.97 Å². The normalized spacial score (nSPS) is 16.2. The quantitative estimate of drug-likeness (QED) is 0.522. The number of fused-ring (bicyclic) bond motifs is 3. The molecule has 0 aliphatic carbocycles. The number of esters is 1. The average Bonchev–Trinajstić information content (AvgIpc) is 3.10. The molecule has 158 valence electrons. The lowest BCUT2D eigenvalue weighted by molar-refractivity contribution is 0.0599.